The number of hydrogen-bond donors (Lipinski definition) is 2. The first kappa shape index (κ1) is 14.9. The van der Waals surface area contributed by atoms with E-state index >= 15 is 0 Å². The smallest absolute Gasteiger partial charge is 0.0696 e. The zero-order valence-electron chi connectivity index (χ0n) is 11.7. The van der Waals surface area contributed by atoms with Crippen LogP contribution in [-0.4, -0.2) is 18.2 Å². The molecule has 0 aliphatic carbocycles. The number of benzene rings is 1. The largest absolute Gasteiger partial charge is 0.397 e. The normalized spacial score (nSPS) is 22.2. The molecular weight excluding hydrogens is 351 g/mol. The minimum absolute atomic E-state index is 0.0495. The van der Waals surface area contributed by atoms with Crippen molar-refractivity contribution in [2.45, 2.75) is 51.2 Å². The lowest BCUT2D eigenvalue weighted by Crippen LogP contribution is -2.43. The Morgan fingerprint density at radius 3 is 2.79 bits per heavy atom. The summed E-state index contributed by atoms with van der Waals surface area (Å²) in [5.41, 5.74) is 8.00. The molecule has 1 saturated heterocycles. The number of ether oxygens (including phenoxy) is 1. The third-order valence-electron chi connectivity index (χ3n) is 4.15. The maximum atomic E-state index is 6.07. The molecule has 1 atom stereocenters. The molecule has 1 fully saturated rings. The molecule has 1 unspecified atom stereocenters. The fourth-order valence-corrected chi connectivity index (χ4v) is 3.29. The lowest BCUT2D eigenvalue weighted by atomic mass is 9.86. The molecule has 0 radical (unpaired) electrons. The van der Waals surface area contributed by atoms with Gasteiger partial charge >= 0.3 is 0 Å². The van der Waals surface area contributed by atoms with Crippen LogP contribution in [0.25, 0.3) is 0 Å². The van der Waals surface area contributed by atoms with E-state index in [1.165, 1.54) is 3.57 Å². The van der Waals surface area contributed by atoms with Crippen molar-refractivity contribution >= 4 is 34.0 Å². The molecule has 1 aliphatic heterocycles. The lowest BCUT2D eigenvalue weighted by Gasteiger charge is -2.40. The second-order valence-electron chi connectivity index (χ2n) is 5.30. The molecule has 0 spiro atoms. The van der Waals surface area contributed by atoms with Crippen molar-refractivity contribution in [3.63, 3.8) is 0 Å². The number of rotatable bonds is 4. The van der Waals surface area contributed by atoms with Crippen molar-refractivity contribution in [2.75, 3.05) is 17.7 Å². The Balaban J connectivity index is 2.06. The topological polar surface area (TPSA) is 47.3 Å². The van der Waals surface area contributed by atoms with Crippen LogP contribution in [0.2, 0.25) is 0 Å². The molecule has 1 aromatic carbocycles. The van der Waals surface area contributed by atoms with Gasteiger partial charge in [0.05, 0.1) is 17.0 Å². The van der Waals surface area contributed by atoms with Gasteiger partial charge in [-0.2, -0.15) is 0 Å². The number of anilines is 2. The van der Waals surface area contributed by atoms with Crippen LogP contribution in [0.3, 0.4) is 0 Å². The second kappa shape index (κ2) is 6.31. The van der Waals surface area contributed by atoms with E-state index in [1.54, 1.807) is 0 Å². The van der Waals surface area contributed by atoms with E-state index in [2.05, 4.69) is 53.9 Å². The van der Waals surface area contributed by atoms with E-state index in [1.807, 2.05) is 6.07 Å². The van der Waals surface area contributed by atoms with Crippen LogP contribution in [0.5, 0.6) is 0 Å². The van der Waals surface area contributed by atoms with Crippen LogP contribution in [0.4, 0.5) is 11.4 Å². The van der Waals surface area contributed by atoms with Gasteiger partial charge in [0.2, 0.25) is 0 Å². The van der Waals surface area contributed by atoms with Gasteiger partial charge < -0.3 is 15.8 Å². The van der Waals surface area contributed by atoms with Crippen LogP contribution >= 0.6 is 22.6 Å². The minimum atomic E-state index is 0.0495. The van der Waals surface area contributed by atoms with E-state index in [-0.39, 0.29) is 5.60 Å². The summed E-state index contributed by atoms with van der Waals surface area (Å²) >= 11 is 2.28. The molecule has 1 aromatic rings. The van der Waals surface area contributed by atoms with Gasteiger partial charge in [-0.1, -0.05) is 13.8 Å². The molecule has 0 bridgehead atoms. The predicted molar refractivity (Wildman–Crippen MR) is 89.5 cm³/mol. The third-order valence-corrected chi connectivity index (χ3v) is 4.83. The summed E-state index contributed by atoms with van der Waals surface area (Å²) in [5.74, 6) is 0. The average Bonchev–Trinajstić information content (AvgIpc) is 2.42. The molecule has 2 rings (SSSR count). The standard InChI is InChI=1S/C15H23IN2O/c1-3-15(4-2)10-12(7-8-19-15)18-14-6-5-11(16)9-13(14)17/h5-6,9,12,18H,3-4,7-8,10,17H2,1-2H3. The van der Waals surface area contributed by atoms with Crippen LogP contribution in [-0.2, 0) is 4.74 Å². The van der Waals surface area contributed by atoms with Gasteiger partial charge in [-0.05, 0) is 66.5 Å². The Hall–Kier alpha value is -0.490. The quantitative estimate of drug-likeness (QED) is 0.618. The van der Waals surface area contributed by atoms with Crippen molar-refractivity contribution in [1.82, 2.24) is 0 Å². The summed E-state index contributed by atoms with van der Waals surface area (Å²) in [6.45, 7) is 5.26. The van der Waals surface area contributed by atoms with Crippen LogP contribution in [0.1, 0.15) is 39.5 Å². The summed E-state index contributed by atoms with van der Waals surface area (Å²) in [6.07, 6.45) is 4.26. The number of nitrogens with one attached hydrogen (secondary N) is 1. The highest BCUT2D eigenvalue weighted by atomic mass is 127. The maximum Gasteiger partial charge on any atom is 0.0696 e. The average molecular weight is 374 g/mol. The highest BCUT2D eigenvalue weighted by Gasteiger charge is 2.34. The summed E-state index contributed by atoms with van der Waals surface area (Å²) in [7, 11) is 0. The number of hydrogen-bond acceptors (Lipinski definition) is 3. The zero-order valence-corrected chi connectivity index (χ0v) is 13.9. The fourth-order valence-electron chi connectivity index (χ4n) is 2.78. The number of halogens is 1. The van der Waals surface area contributed by atoms with Crippen molar-refractivity contribution in [3.8, 4) is 0 Å². The van der Waals surface area contributed by atoms with E-state index in [9.17, 15) is 0 Å². The van der Waals surface area contributed by atoms with Crippen molar-refractivity contribution in [1.29, 1.82) is 0 Å². The first-order valence-corrected chi connectivity index (χ1v) is 8.12. The predicted octanol–water partition coefficient (Wildman–Crippen LogP) is 4.02. The van der Waals surface area contributed by atoms with Crippen molar-refractivity contribution in [2.24, 2.45) is 0 Å². The Kier molecular flexibility index (Phi) is 4.95. The molecule has 106 valence electrons. The number of nitrogen functional groups attached to an aromatic ring is 1. The van der Waals surface area contributed by atoms with Crippen LogP contribution < -0.4 is 11.1 Å². The van der Waals surface area contributed by atoms with Crippen molar-refractivity contribution in [3.05, 3.63) is 21.8 Å². The zero-order chi connectivity index (χ0) is 13.9. The summed E-state index contributed by atoms with van der Waals surface area (Å²) in [5, 5.41) is 3.59. The Morgan fingerprint density at radius 1 is 1.42 bits per heavy atom. The molecule has 1 aliphatic rings. The van der Waals surface area contributed by atoms with E-state index < -0.39 is 0 Å². The highest BCUT2D eigenvalue weighted by molar-refractivity contribution is 14.1. The summed E-state index contributed by atoms with van der Waals surface area (Å²) in [4.78, 5) is 0. The van der Waals surface area contributed by atoms with Crippen LogP contribution in [0.15, 0.2) is 18.2 Å². The van der Waals surface area contributed by atoms with Gasteiger partial charge in [-0.25, -0.2) is 0 Å². The van der Waals surface area contributed by atoms with E-state index in [0.717, 1.165) is 43.7 Å². The fraction of sp³-hybridized carbons (Fsp3) is 0.600. The monoisotopic (exact) mass is 374 g/mol. The van der Waals surface area contributed by atoms with Gasteiger partial charge in [0.1, 0.15) is 0 Å². The van der Waals surface area contributed by atoms with E-state index in [0.29, 0.717) is 6.04 Å². The molecule has 0 amide bonds. The minimum Gasteiger partial charge on any atom is -0.397 e. The lowest BCUT2D eigenvalue weighted by molar-refractivity contribution is -0.0864. The first-order chi connectivity index (χ1) is 9.08. The second-order valence-corrected chi connectivity index (χ2v) is 6.55. The molecule has 19 heavy (non-hydrogen) atoms. The molecule has 3 nitrogen and oxygen atoms in total. The van der Waals surface area contributed by atoms with Gasteiger partial charge in [0.25, 0.3) is 0 Å². The van der Waals surface area contributed by atoms with Gasteiger partial charge in [-0.3, -0.25) is 0 Å². The number of nitrogens with two attached hydrogens (primary N) is 1. The maximum absolute atomic E-state index is 6.07. The Morgan fingerprint density at radius 2 is 2.16 bits per heavy atom. The Bertz CT molecular complexity index is 432. The molecule has 4 heteroatoms. The SMILES string of the molecule is CCC1(CC)CC(Nc2ccc(I)cc2N)CCO1. The summed E-state index contributed by atoms with van der Waals surface area (Å²) in [6, 6.07) is 6.63. The van der Waals surface area contributed by atoms with Gasteiger partial charge in [0.15, 0.2) is 0 Å². The van der Waals surface area contributed by atoms with E-state index in [4.69, 9.17) is 10.5 Å². The summed E-state index contributed by atoms with van der Waals surface area (Å²) < 4.78 is 7.18. The van der Waals surface area contributed by atoms with Crippen LogP contribution in [0, 0.1) is 3.57 Å². The molecule has 0 aromatic heterocycles. The Labute approximate surface area is 129 Å². The highest BCUT2D eigenvalue weighted by Crippen LogP contribution is 2.33. The first-order valence-electron chi connectivity index (χ1n) is 7.04. The molecule has 3 N–H and O–H groups in total. The third kappa shape index (κ3) is 3.54. The van der Waals surface area contributed by atoms with Crippen molar-refractivity contribution < 1.29 is 4.74 Å². The molecule has 0 saturated carbocycles. The van der Waals surface area contributed by atoms with Gasteiger partial charge in [0, 0.05) is 16.2 Å². The molecule has 1 heterocycles. The van der Waals surface area contributed by atoms with Gasteiger partial charge in [-0.15, -0.1) is 0 Å². The molecular formula is C15H23IN2O.